The molecule has 1 amide bonds. The lowest BCUT2D eigenvalue weighted by atomic mass is 9.98. The molecular formula is C18H21N5O3. The second kappa shape index (κ2) is 5.51. The monoisotopic (exact) mass is 355 g/mol. The van der Waals surface area contributed by atoms with Crippen LogP contribution in [0.4, 0.5) is 0 Å². The summed E-state index contributed by atoms with van der Waals surface area (Å²) in [6.07, 6.45) is 9.69. The van der Waals surface area contributed by atoms with Crippen molar-refractivity contribution in [2.45, 2.75) is 50.0 Å². The number of aromatic nitrogens is 4. The Kier molecular flexibility index (Phi) is 3.34. The molecule has 2 heterocycles. The molecule has 0 radical (unpaired) electrons. The zero-order valence-electron chi connectivity index (χ0n) is 14.4. The molecule has 0 aromatic carbocycles. The number of fused-ring (bicyclic) bond motifs is 3. The lowest BCUT2D eigenvalue weighted by molar-refractivity contribution is -0.605. The summed E-state index contributed by atoms with van der Waals surface area (Å²) >= 11 is 0. The molecular weight excluding hydrogens is 334 g/mol. The minimum absolute atomic E-state index is 0.0523. The lowest BCUT2D eigenvalue weighted by Gasteiger charge is -2.27. The quantitative estimate of drug-likeness (QED) is 0.617. The van der Waals surface area contributed by atoms with Gasteiger partial charge in [-0.2, -0.15) is 9.83 Å². The van der Waals surface area contributed by atoms with Gasteiger partial charge in [-0.05, 0) is 31.6 Å². The topological polar surface area (TPSA) is 107 Å². The molecule has 0 aliphatic heterocycles. The summed E-state index contributed by atoms with van der Waals surface area (Å²) in [6.45, 7) is -0.0523. The minimum atomic E-state index is -0.529. The zero-order valence-corrected chi connectivity index (χ0v) is 14.4. The van der Waals surface area contributed by atoms with Crippen LogP contribution in [-0.2, 0) is 6.42 Å². The minimum Gasteiger partial charge on any atom is -0.619 e. The number of aliphatic hydroxyl groups excluding tert-OH is 1. The van der Waals surface area contributed by atoms with Gasteiger partial charge in [0.1, 0.15) is 0 Å². The van der Waals surface area contributed by atoms with Crippen molar-refractivity contribution < 1.29 is 14.6 Å². The van der Waals surface area contributed by atoms with Gasteiger partial charge in [-0.15, -0.1) is 0 Å². The van der Waals surface area contributed by atoms with E-state index in [4.69, 9.17) is 0 Å². The van der Waals surface area contributed by atoms with Gasteiger partial charge in [-0.25, -0.2) is 9.67 Å². The Balaban J connectivity index is 1.53. The predicted molar refractivity (Wildman–Crippen MR) is 90.6 cm³/mol. The largest absolute Gasteiger partial charge is 0.619 e. The van der Waals surface area contributed by atoms with Crippen molar-refractivity contribution in [2.24, 2.45) is 5.92 Å². The summed E-state index contributed by atoms with van der Waals surface area (Å²) in [5.41, 5.74) is 1.87. The van der Waals surface area contributed by atoms with Crippen LogP contribution in [-0.4, -0.2) is 37.9 Å². The molecule has 2 atom stereocenters. The van der Waals surface area contributed by atoms with Gasteiger partial charge in [0.2, 0.25) is 12.0 Å². The molecule has 2 saturated carbocycles. The van der Waals surface area contributed by atoms with Crippen molar-refractivity contribution in [3.63, 3.8) is 0 Å². The van der Waals surface area contributed by atoms with Crippen LogP contribution in [0.15, 0.2) is 18.6 Å². The van der Waals surface area contributed by atoms with Gasteiger partial charge >= 0.3 is 0 Å². The zero-order chi connectivity index (χ0) is 17.9. The molecule has 2 aromatic heterocycles. The molecule has 26 heavy (non-hydrogen) atoms. The Morgan fingerprint density at radius 1 is 1.46 bits per heavy atom. The van der Waals surface area contributed by atoms with Gasteiger partial charge in [0.15, 0.2) is 11.9 Å². The van der Waals surface area contributed by atoms with Gasteiger partial charge in [0, 0.05) is 11.5 Å². The fourth-order valence-electron chi connectivity index (χ4n) is 4.62. The Labute approximate surface area is 150 Å². The van der Waals surface area contributed by atoms with Crippen LogP contribution in [0.3, 0.4) is 0 Å². The Hall–Kier alpha value is -2.48. The molecule has 0 saturated heterocycles. The Morgan fingerprint density at radius 3 is 3.00 bits per heavy atom. The van der Waals surface area contributed by atoms with E-state index in [1.165, 1.54) is 18.6 Å². The van der Waals surface area contributed by atoms with E-state index in [0.717, 1.165) is 49.8 Å². The number of nitrogens with one attached hydrogen (secondary N) is 1. The predicted octanol–water partition coefficient (Wildman–Crippen LogP) is 0.595. The third-order valence-corrected chi connectivity index (χ3v) is 6.10. The van der Waals surface area contributed by atoms with E-state index in [1.54, 1.807) is 4.68 Å². The molecule has 2 N–H and O–H groups in total. The van der Waals surface area contributed by atoms with E-state index in [9.17, 15) is 15.1 Å². The first kappa shape index (κ1) is 15.7. The number of hydrogen-bond donors (Lipinski definition) is 2. The van der Waals surface area contributed by atoms with Crippen molar-refractivity contribution in [2.75, 3.05) is 6.61 Å². The van der Waals surface area contributed by atoms with Crippen LogP contribution in [0.5, 0.6) is 0 Å². The second-order valence-electron chi connectivity index (χ2n) is 7.80. The molecule has 3 aliphatic carbocycles. The van der Waals surface area contributed by atoms with Gasteiger partial charge in [-0.3, -0.25) is 4.79 Å². The highest BCUT2D eigenvalue weighted by molar-refractivity contribution is 5.95. The molecule has 5 rings (SSSR count). The van der Waals surface area contributed by atoms with E-state index < -0.39 is 5.54 Å². The van der Waals surface area contributed by atoms with E-state index in [2.05, 4.69) is 15.4 Å². The van der Waals surface area contributed by atoms with Crippen molar-refractivity contribution in [3.8, 4) is 5.82 Å². The van der Waals surface area contributed by atoms with Crippen LogP contribution in [0, 0.1) is 11.1 Å². The maximum Gasteiger partial charge on any atom is 0.272 e. The SMILES string of the molecule is O=C(NC1(CO)CCCC1)c1nn(-c2c[n+]([O-])ccn2)c2c1C[C@@H]1C[C@H]21. The lowest BCUT2D eigenvalue weighted by Crippen LogP contribution is -2.49. The Bertz CT molecular complexity index is 887. The molecule has 0 unspecified atom stereocenters. The van der Waals surface area contributed by atoms with Crippen LogP contribution >= 0.6 is 0 Å². The summed E-state index contributed by atoms with van der Waals surface area (Å²) in [5, 5.41) is 29.0. The van der Waals surface area contributed by atoms with Crippen LogP contribution in [0.25, 0.3) is 5.82 Å². The summed E-state index contributed by atoms with van der Waals surface area (Å²) in [6, 6.07) is 0. The normalized spacial score (nSPS) is 25.0. The van der Waals surface area contributed by atoms with Crippen LogP contribution in [0.1, 0.15) is 59.8 Å². The van der Waals surface area contributed by atoms with Gasteiger partial charge in [0.05, 0.1) is 24.0 Å². The van der Waals surface area contributed by atoms with Gasteiger partial charge in [0.25, 0.3) is 5.91 Å². The van der Waals surface area contributed by atoms with Crippen LogP contribution < -0.4 is 10.0 Å². The summed E-state index contributed by atoms with van der Waals surface area (Å²) in [5.74, 6) is 1.17. The molecule has 2 fully saturated rings. The molecule has 0 spiro atoms. The van der Waals surface area contributed by atoms with E-state index in [0.29, 0.717) is 28.1 Å². The first-order chi connectivity index (χ1) is 12.6. The van der Waals surface area contributed by atoms with Crippen molar-refractivity contribution in [1.29, 1.82) is 0 Å². The molecule has 0 bridgehead atoms. The third kappa shape index (κ3) is 2.32. The molecule has 8 nitrogen and oxygen atoms in total. The highest BCUT2D eigenvalue weighted by atomic mass is 16.5. The number of carbonyl (C=O) groups excluding carboxylic acids is 1. The second-order valence-corrected chi connectivity index (χ2v) is 7.80. The first-order valence-corrected chi connectivity index (χ1v) is 9.20. The van der Waals surface area contributed by atoms with Crippen LogP contribution in [0.2, 0.25) is 0 Å². The third-order valence-electron chi connectivity index (χ3n) is 6.10. The number of rotatable bonds is 4. The Morgan fingerprint density at radius 2 is 2.27 bits per heavy atom. The average Bonchev–Trinajstić information content (AvgIpc) is 3.00. The van der Waals surface area contributed by atoms with Crippen molar-refractivity contribution >= 4 is 5.91 Å². The fraction of sp³-hybridized carbons (Fsp3) is 0.556. The first-order valence-electron chi connectivity index (χ1n) is 9.20. The number of nitrogens with zero attached hydrogens (tertiary/aromatic N) is 4. The average molecular weight is 355 g/mol. The molecule has 136 valence electrons. The fourth-order valence-corrected chi connectivity index (χ4v) is 4.62. The number of hydrogen-bond acceptors (Lipinski definition) is 5. The van der Waals surface area contributed by atoms with Gasteiger partial charge in [-0.1, -0.05) is 12.8 Å². The van der Waals surface area contributed by atoms with E-state index in [1.807, 2.05) is 0 Å². The number of amides is 1. The maximum absolute atomic E-state index is 13.0. The van der Waals surface area contributed by atoms with Gasteiger partial charge < -0.3 is 15.6 Å². The van der Waals surface area contributed by atoms with E-state index >= 15 is 0 Å². The molecule has 8 heteroatoms. The smallest absolute Gasteiger partial charge is 0.272 e. The molecule has 2 aromatic rings. The highest BCUT2D eigenvalue weighted by Gasteiger charge is 2.50. The summed E-state index contributed by atoms with van der Waals surface area (Å²) < 4.78 is 2.35. The number of carbonyl (C=O) groups is 1. The van der Waals surface area contributed by atoms with Crippen molar-refractivity contribution in [1.82, 2.24) is 20.1 Å². The highest BCUT2D eigenvalue weighted by Crippen LogP contribution is 2.57. The maximum atomic E-state index is 13.0. The standard InChI is InChI=1S/C18H21N5O3/c24-10-18(3-1-2-4-18)20-17(25)15-13-8-11-7-12(11)16(13)23(21-15)14-9-22(26)6-5-19-14/h5-6,9,11-12,24H,1-4,7-8,10H2,(H,20,25)/t11-,12-/m0/s1. The van der Waals surface area contributed by atoms with E-state index in [-0.39, 0.29) is 12.5 Å². The molecule has 3 aliphatic rings. The number of aliphatic hydroxyl groups is 1. The summed E-state index contributed by atoms with van der Waals surface area (Å²) in [7, 11) is 0. The summed E-state index contributed by atoms with van der Waals surface area (Å²) in [4.78, 5) is 17.2. The van der Waals surface area contributed by atoms with Crippen molar-refractivity contribution in [3.05, 3.63) is 40.7 Å².